The first-order chi connectivity index (χ1) is 5.27. The largest absolute Gasteiger partial charge is 0.473 e. The molecule has 0 amide bonds. The molecule has 0 spiro atoms. The first-order valence-electron chi connectivity index (χ1n) is 3.23. The Balaban J connectivity index is 2.83. The number of hydrogen-bond acceptors (Lipinski definition) is 4. The summed E-state index contributed by atoms with van der Waals surface area (Å²) in [5, 5.41) is 19.7. The van der Waals surface area contributed by atoms with Crippen LogP contribution in [0.3, 0.4) is 0 Å². The van der Waals surface area contributed by atoms with Gasteiger partial charge < -0.3 is 10.1 Å². The zero-order chi connectivity index (χ0) is 8.27. The van der Waals surface area contributed by atoms with Crippen molar-refractivity contribution in [3.05, 3.63) is 11.5 Å². The van der Waals surface area contributed by atoms with Crippen molar-refractivity contribution < 1.29 is 4.74 Å². The van der Waals surface area contributed by atoms with Gasteiger partial charge in [-0.05, 0) is 6.92 Å². The van der Waals surface area contributed by atoms with Crippen molar-refractivity contribution >= 4 is 0 Å². The van der Waals surface area contributed by atoms with Gasteiger partial charge in [0.25, 0.3) is 0 Å². The van der Waals surface area contributed by atoms with E-state index in [0.29, 0.717) is 12.4 Å². The summed E-state index contributed by atoms with van der Waals surface area (Å²) in [6.45, 7) is 2.52. The van der Waals surface area contributed by atoms with E-state index in [9.17, 15) is 0 Å². The predicted octanol–water partition coefficient (Wildman–Crippen LogP) is 0.253. The maximum atomic E-state index is 8.42. The molecule has 0 radical (unpaired) electrons. The number of nitriles is 2. The Hall–Kier alpha value is -1.68. The van der Waals surface area contributed by atoms with Crippen LogP contribution in [0.1, 0.15) is 6.92 Å². The molecule has 1 fully saturated rings. The van der Waals surface area contributed by atoms with Gasteiger partial charge in [0.2, 0.25) is 5.88 Å². The van der Waals surface area contributed by atoms with E-state index in [1.165, 1.54) is 0 Å². The Labute approximate surface area is 64.7 Å². The van der Waals surface area contributed by atoms with Gasteiger partial charge in [-0.3, -0.25) is 0 Å². The molecule has 1 atom stereocenters. The van der Waals surface area contributed by atoms with Gasteiger partial charge in [-0.2, -0.15) is 10.5 Å². The minimum Gasteiger partial charge on any atom is -0.473 e. The molecule has 0 aromatic carbocycles. The van der Waals surface area contributed by atoms with Crippen molar-refractivity contribution in [3.8, 4) is 12.1 Å². The Morgan fingerprint density at radius 3 is 2.64 bits per heavy atom. The highest BCUT2D eigenvalue weighted by atomic mass is 16.5. The minimum absolute atomic E-state index is 0.00866. The maximum absolute atomic E-state index is 8.42. The number of nitrogens with one attached hydrogen (secondary N) is 1. The van der Waals surface area contributed by atoms with Gasteiger partial charge in [0.1, 0.15) is 18.2 Å². The molecule has 56 valence electrons. The van der Waals surface area contributed by atoms with E-state index < -0.39 is 0 Å². The van der Waals surface area contributed by atoms with Gasteiger partial charge in [-0.15, -0.1) is 0 Å². The van der Waals surface area contributed by atoms with Gasteiger partial charge >= 0.3 is 0 Å². The summed E-state index contributed by atoms with van der Waals surface area (Å²) in [4.78, 5) is 0. The molecule has 0 aliphatic carbocycles. The third-order valence-electron chi connectivity index (χ3n) is 1.32. The fourth-order valence-corrected chi connectivity index (χ4v) is 0.795. The fourth-order valence-electron chi connectivity index (χ4n) is 0.795. The lowest BCUT2D eigenvalue weighted by Gasteiger charge is -1.99. The fraction of sp³-hybridized carbons (Fsp3) is 0.429. The lowest BCUT2D eigenvalue weighted by molar-refractivity contribution is 0.183. The van der Waals surface area contributed by atoms with Crippen LogP contribution in [0.5, 0.6) is 0 Å². The van der Waals surface area contributed by atoms with Crippen LogP contribution >= 0.6 is 0 Å². The quantitative estimate of drug-likeness (QED) is 0.501. The summed E-state index contributed by atoms with van der Waals surface area (Å²) < 4.78 is 5.13. The van der Waals surface area contributed by atoms with E-state index >= 15 is 0 Å². The molecule has 11 heavy (non-hydrogen) atoms. The highest BCUT2D eigenvalue weighted by molar-refractivity contribution is 5.37. The van der Waals surface area contributed by atoms with E-state index in [4.69, 9.17) is 15.3 Å². The van der Waals surface area contributed by atoms with Crippen molar-refractivity contribution in [1.82, 2.24) is 5.32 Å². The molecule has 0 bridgehead atoms. The third-order valence-corrected chi connectivity index (χ3v) is 1.32. The Morgan fingerprint density at radius 2 is 2.27 bits per heavy atom. The molecule has 0 saturated carbocycles. The van der Waals surface area contributed by atoms with E-state index in [-0.39, 0.29) is 11.7 Å². The van der Waals surface area contributed by atoms with E-state index in [2.05, 4.69) is 5.32 Å². The monoisotopic (exact) mass is 149 g/mol. The molecule has 4 heteroatoms. The van der Waals surface area contributed by atoms with Crippen LogP contribution in [0, 0.1) is 22.7 Å². The zero-order valence-electron chi connectivity index (χ0n) is 6.09. The normalized spacial score (nSPS) is 21.0. The smallest absolute Gasteiger partial charge is 0.216 e. The molecule has 1 aliphatic rings. The molecule has 1 N–H and O–H groups in total. The van der Waals surface area contributed by atoms with Gasteiger partial charge in [-0.25, -0.2) is 0 Å². The van der Waals surface area contributed by atoms with Crippen LogP contribution in [0.25, 0.3) is 0 Å². The summed E-state index contributed by atoms with van der Waals surface area (Å²) in [5.74, 6) is 0.308. The zero-order valence-corrected chi connectivity index (χ0v) is 6.09. The second-order valence-electron chi connectivity index (χ2n) is 2.24. The van der Waals surface area contributed by atoms with Crippen molar-refractivity contribution in [2.45, 2.75) is 13.0 Å². The highest BCUT2D eigenvalue weighted by Gasteiger charge is 2.18. The third kappa shape index (κ3) is 1.42. The number of nitrogens with zero attached hydrogens (tertiary/aromatic N) is 2. The number of rotatable bonds is 0. The van der Waals surface area contributed by atoms with Gasteiger partial charge in [-0.1, -0.05) is 0 Å². The van der Waals surface area contributed by atoms with Gasteiger partial charge in [0.15, 0.2) is 5.57 Å². The minimum atomic E-state index is 0.00866. The molecule has 1 saturated heterocycles. The van der Waals surface area contributed by atoms with Crippen LogP contribution in [0.15, 0.2) is 11.5 Å². The molecule has 1 heterocycles. The first-order valence-corrected chi connectivity index (χ1v) is 3.23. The first kappa shape index (κ1) is 7.43. The lowest BCUT2D eigenvalue weighted by atomic mass is 10.3. The average molecular weight is 149 g/mol. The van der Waals surface area contributed by atoms with Crippen molar-refractivity contribution in [2.75, 3.05) is 6.54 Å². The van der Waals surface area contributed by atoms with Crippen molar-refractivity contribution in [1.29, 1.82) is 10.5 Å². The molecule has 1 aliphatic heterocycles. The van der Waals surface area contributed by atoms with Crippen LogP contribution in [-0.2, 0) is 4.74 Å². The summed E-state index contributed by atoms with van der Waals surface area (Å²) in [5.41, 5.74) is 0.00866. The summed E-state index contributed by atoms with van der Waals surface area (Å²) in [6.07, 6.45) is 0.0432. The summed E-state index contributed by atoms with van der Waals surface area (Å²) >= 11 is 0. The Kier molecular flexibility index (Phi) is 1.98. The van der Waals surface area contributed by atoms with Crippen molar-refractivity contribution in [3.63, 3.8) is 0 Å². The molecule has 1 rings (SSSR count). The Bertz CT molecular complexity index is 252. The number of ether oxygens (including phenoxy) is 1. The topological polar surface area (TPSA) is 68.8 Å². The average Bonchev–Trinajstić information content (AvgIpc) is 2.39. The summed E-state index contributed by atoms with van der Waals surface area (Å²) in [6, 6.07) is 3.49. The number of hydrogen-bond donors (Lipinski definition) is 1. The van der Waals surface area contributed by atoms with E-state index in [1.54, 1.807) is 12.1 Å². The second kappa shape index (κ2) is 2.94. The van der Waals surface area contributed by atoms with Crippen LogP contribution < -0.4 is 5.32 Å². The van der Waals surface area contributed by atoms with Gasteiger partial charge in [0.05, 0.1) is 6.54 Å². The van der Waals surface area contributed by atoms with Crippen LogP contribution in [-0.4, -0.2) is 12.6 Å². The van der Waals surface area contributed by atoms with Crippen LogP contribution in [0.4, 0.5) is 0 Å². The maximum Gasteiger partial charge on any atom is 0.216 e. The molecule has 0 aromatic rings. The summed E-state index contributed by atoms with van der Waals surface area (Å²) in [7, 11) is 0. The lowest BCUT2D eigenvalue weighted by Crippen LogP contribution is -2.09. The molecule has 4 nitrogen and oxygen atoms in total. The number of allylic oxidation sites excluding steroid dienone is 1. The Morgan fingerprint density at radius 1 is 1.64 bits per heavy atom. The van der Waals surface area contributed by atoms with E-state index in [1.807, 2.05) is 6.92 Å². The van der Waals surface area contributed by atoms with Gasteiger partial charge in [0, 0.05) is 0 Å². The van der Waals surface area contributed by atoms with Crippen molar-refractivity contribution in [2.24, 2.45) is 0 Å². The molecular formula is C7H7N3O. The predicted molar refractivity (Wildman–Crippen MR) is 36.8 cm³/mol. The standard InChI is InChI=1S/C7H7N3O/c1-5-4-10-7(11-5)6(2-8)3-9/h5,10H,4H2,1H3. The SMILES string of the molecule is CC1CNC(=C(C#N)C#N)O1. The highest BCUT2D eigenvalue weighted by Crippen LogP contribution is 2.10. The molecular weight excluding hydrogens is 142 g/mol. The molecule has 1 unspecified atom stereocenters. The van der Waals surface area contributed by atoms with E-state index in [0.717, 1.165) is 0 Å². The van der Waals surface area contributed by atoms with Crippen LogP contribution in [0.2, 0.25) is 0 Å². The molecule has 0 aromatic heterocycles. The second-order valence-corrected chi connectivity index (χ2v) is 2.24.